The minimum Gasteiger partial charge on any atom is -1.00 e. The summed E-state index contributed by atoms with van der Waals surface area (Å²) in [6, 6.07) is 13.5. The normalized spacial score (nSPS) is 10.9. The molecule has 0 saturated carbocycles. The molecule has 201 valence electrons. The van der Waals surface area contributed by atoms with Crippen LogP contribution in [0.5, 0.6) is 0 Å². The summed E-state index contributed by atoms with van der Waals surface area (Å²) in [6.45, 7) is 22.2. The van der Waals surface area contributed by atoms with Gasteiger partial charge < -0.3 is 40.3 Å². The molecule has 35 heavy (non-hydrogen) atoms. The van der Waals surface area contributed by atoms with E-state index in [1.807, 2.05) is 0 Å². The first kappa shape index (κ1) is 36.4. The van der Waals surface area contributed by atoms with E-state index in [1.165, 1.54) is 33.6 Å². The van der Waals surface area contributed by atoms with Gasteiger partial charge in [-0.15, -0.1) is 0 Å². The van der Waals surface area contributed by atoms with Gasteiger partial charge >= 0.3 is 19.5 Å². The first-order valence-electron chi connectivity index (χ1n) is 12.5. The molecule has 0 saturated heterocycles. The van der Waals surface area contributed by atoms with Crippen LogP contribution in [0.3, 0.4) is 0 Å². The van der Waals surface area contributed by atoms with Crippen molar-refractivity contribution >= 4 is 11.4 Å². The molecule has 0 amide bonds. The average molecular weight is 612 g/mol. The Morgan fingerprint density at radius 3 is 1.06 bits per heavy atom. The second-order valence-electron chi connectivity index (χ2n) is 10.4. The van der Waals surface area contributed by atoms with Crippen LogP contribution in [0, 0.1) is 0 Å². The van der Waals surface area contributed by atoms with E-state index in [1.54, 1.807) is 0 Å². The summed E-state index contributed by atoms with van der Waals surface area (Å²) in [7, 11) is 2.22. The number of hydrogen-bond acceptors (Lipinski definition) is 3. The number of likely N-dealkylation sites (N-methyl/N-ethyl adjacent to an activating group) is 1. The van der Waals surface area contributed by atoms with E-state index < -0.39 is 0 Å². The van der Waals surface area contributed by atoms with Crippen molar-refractivity contribution in [2.45, 2.75) is 79.1 Å². The molecule has 3 nitrogen and oxygen atoms in total. The number of benzene rings is 2. The van der Waals surface area contributed by atoms with Crippen molar-refractivity contribution in [3.05, 3.63) is 58.7 Å². The number of rotatable bonds is 12. The van der Waals surface area contributed by atoms with Gasteiger partial charge in [0.2, 0.25) is 0 Å². The maximum atomic E-state index is 3.77. The molecule has 0 atom stereocenters. The van der Waals surface area contributed by atoms with Crippen LogP contribution < -0.4 is 35.4 Å². The summed E-state index contributed by atoms with van der Waals surface area (Å²) in [5, 5.41) is 7.54. The number of para-hydroxylation sites is 2. The molecular weight excluding hydrogens is 564 g/mol. The van der Waals surface area contributed by atoms with Crippen molar-refractivity contribution in [3.63, 3.8) is 0 Å². The Morgan fingerprint density at radius 2 is 0.829 bits per heavy atom. The third kappa shape index (κ3) is 10.6. The summed E-state index contributed by atoms with van der Waals surface area (Å²) in [4.78, 5) is 2.42. The quantitative estimate of drug-likeness (QED) is 0.358. The van der Waals surface area contributed by atoms with Gasteiger partial charge in [0, 0.05) is 37.6 Å². The van der Waals surface area contributed by atoms with E-state index >= 15 is 0 Å². The molecule has 2 N–H and O–H groups in total. The Hall–Kier alpha value is -0.797. The fourth-order valence-electron chi connectivity index (χ4n) is 4.37. The van der Waals surface area contributed by atoms with Crippen molar-refractivity contribution in [2.75, 3.05) is 43.9 Å². The van der Waals surface area contributed by atoms with Crippen molar-refractivity contribution in [2.24, 2.45) is 0 Å². The predicted molar refractivity (Wildman–Crippen MR) is 144 cm³/mol. The standard InChI is InChI=1S/C29H47N3.2ClH.Rh/c1-20(2)24-12-10-13-25(21(3)4)28(24)30-16-18-32(9)19-17-31-29-26(22(5)6)14-11-15-27(29)23(7)8;;;/h10-15,20-23,30-31H,16-19H2,1-9H3;2*1H;/q;;;+2/p-2. The third-order valence-electron chi connectivity index (χ3n) is 6.34. The zero-order valence-corrected chi connectivity index (χ0v) is 26.3. The Morgan fingerprint density at radius 1 is 0.571 bits per heavy atom. The van der Waals surface area contributed by atoms with Crippen LogP contribution in [0.25, 0.3) is 0 Å². The molecule has 0 fully saturated rings. The van der Waals surface area contributed by atoms with E-state index in [0.29, 0.717) is 23.7 Å². The third-order valence-corrected chi connectivity index (χ3v) is 6.34. The van der Waals surface area contributed by atoms with E-state index in [-0.39, 0.29) is 44.3 Å². The molecule has 0 heterocycles. The molecule has 1 radical (unpaired) electrons. The minimum atomic E-state index is 0. The molecule has 0 aliphatic heterocycles. The molecule has 0 spiro atoms. The fourth-order valence-corrected chi connectivity index (χ4v) is 4.37. The van der Waals surface area contributed by atoms with Crippen LogP contribution in [-0.4, -0.2) is 38.1 Å². The van der Waals surface area contributed by atoms with Crippen LogP contribution in [0.1, 0.15) is 101 Å². The maximum Gasteiger partial charge on any atom is 2.00 e. The number of nitrogens with one attached hydrogen (secondary N) is 2. The van der Waals surface area contributed by atoms with E-state index in [2.05, 4.69) is 114 Å². The zero-order valence-electron chi connectivity index (χ0n) is 23.1. The summed E-state index contributed by atoms with van der Waals surface area (Å²) in [5.74, 6) is 2.09. The first-order chi connectivity index (χ1) is 15.1. The smallest absolute Gasteiger partial charge is 1.00 e. The summed E-state index contributed by atoms with van der Waals surface area (Å²) in [6.07, 6.45) is 0. The summed E-state index contributed by atoms with van der Waals surface area (Å²) >= 11 is 0. The summed E-state index contributed by atoms with van der Waals surface area (Å²) < 4.78 is 0. The largest absolute Gasteiger partial charge is 2.00 e. The van der Waals surface area contributed by atoms with Crippen LogP contribution in [-0.2, 0) is 19.5 Å². The van der Waals surface area contributed by atoms with Crippen molar-refractivity contribution in [3.8, 4) is 0 Å². The number of halogens is 2. The van der Waals surface area contributed by atoms with Crippen LogP contribution in [0.4, 0.5) is 11.4 Å². The molecule has 0 aliphatic rings. The first-order valence-corrected chi connectivity index (χ1v) is 12.5. The van der Waals surface area contributed by atoms with Gasteiger partial charge in [-0.05, 0) is 53.0 Å². The van der Waals surface area contributed by atoms with Crippen LogP contribution >= 0.6 is 0 Å². The zero-order chi connectivity index (χ0) is 23.8. The van der Waals surface area contributed by atoms with Crippen molar-refractivity contribution in [1.82, 2.24) is 4.90 Å². The van der Waals surface area contributed by atoms with Crippen molar-refractivity contribution < 1.29 is 44.3 Å². The Kier molecular flexibility index (Phi) is 18.3. The van der Waals surface area contributed by atoms with Crippen molar-refractivity contribution in [1.29, 1.82) is 0 Å². The molecule has 0 bridgehead atoms. The molecule has 0 aromatic heterocycles. The van der Waals surface area contributed by atoms with E-state index in [4.69, 9.17) is 0 Å². The number of hydrogen-bond donors (Lipinski definition) is 2. The van der Waals surface area contributed by atoms with Gasteiger partial charge in [0.25, 0.3) is 0 Å². The Balaban J connectivity index is 0. The number of anilines is 2. The van der Waals surface area contributed by atoms with Gasteiger partial charge in [-0.1, -0.05) is 91.8 Å². The van der Waals surface area contributed by atoms with Gasteiger partial charge in [-0.25, -0.2) is 0 Å². The van der Waals surface area contributed by atoms with Crippen LogP contribution in [0.15, 0.2) is 36.4 Å². The molecule has 2 aromatic carbocycles. The molecule has 2 aromatic rings. The van der Waals surface area contributed by atoms with E-state index in [9.17, 15) is 0 Å². The summed E-state index contributed by atoms with van der Waals surface area (Å²) in [5.41, 5.74) is 8.38. The van der Waals surface area contributed by atoms with Gasteiger partial charge in [0.1, 0.15) is 0 Å². The minimum absolute atomic E-state index is 0. The average Bonchev–Trinajstić information content (AvgIpc) is 2.73. The Bertz CT molecular complexity index is 732. The Labute approximate surface area is 241 Å². The molecular formula is C29H47Cl2N3Rh. The van der Waals surface area contributed by atoms with Crippen LogP contribution in [0.2, 0.25) is 0 Å². The second kappa shape index (κ2) is 17.6. The maximum absolute atomic E-state index is 3.77. The predicted octanol–water partition coefficient (Wildman–Crippen LogP) is 1.64. The van der Waals surface area contributed by atoms with E-state index in [0.717, 1.165) is 26.2 Å². The second-order valence-corrected chi connectivity index (χ2v) is 10.4. The molecule has 6 heteroatoms. The van der Waals surface area contributed by atoms with Gasteiger partial charge in [-0.2, -0.15) is 0 Å². The molecule has 0 aliphatic carbocycles. The fraction of sp³-hybridized carbons (Fsp3) is 0.586. The van der Waals surface area contributed by atoms with Gasteiger partial charge in [0.05, 0.1) is 0 Å². The number of nitrogens with zero attached hydrogens (tertiary/aromatic N) is 1. The van der Waals surface area contributed by atoms with Gasteiger partial charge in [-0.3, -0.25) is 0 Å². The SMILES string of the molecule is CC(C)c1cccc(C(C)C)c1NCCN(C)CCNc1c(C(C)C)cccc1C(C)C.[Cl-].[Cl-].[Rh+2]. The van der Waals surface area contributed by atoms with Gasteiger partial charge in [0.15, 0.2) is 0 Å². The molecule has 2 rings (SSSR count). The molecule has 0 unspecified atom stereocenters. The monoisotopic (exact) mass is 610 g/mol. The topological polar surface area (TPSA) is 27.3 Å².